The third-order valence-electron chi connectivity index (χ3n) is 4.45. The lowest BCUT2D eigenvalue weighted by Gasteiger charge is -2.17. The molecule has 0 spiro atoms. The molecule has 5 heteroatoms. The molecule has 0 aliphatic rings. The van der Waals surface area contributed by atoms with E-state index in [-0.39, 0.29) is 0 Å². The molecule has 1 aromatic carbocycles. The molecule has 0 fully saturated rings. The minimum Gasteiger partial charge on any atom is -0.399 e. The highest BCUT2D eigenvalue weighted by atomic mass is 32.1. The van der Waals surface area contributed by atoms with Gasteiger partial charge in [-0.1, -0.05) is 37.8 Å². The Balaban J connectivity index is 1.94. The van der Waals surface area contributed by atoms with Crippen LogP contribution in [0.5, 0.6) is 0 Å². The number of fused-ring (bicyclic) bond motifs is 1. The zero-order valence-corrected chi connectivity index (χ0v) is 16.8. The Morgan fingerprint density at radius 1 is 1.07 bits per heavy atom. The summed E-state index contributed by atoms with van der Waals surface area (Å²) in [6.07, 6.45) is 4.08. The van der Waals surface area contributed by atoms with Crippen LogP contribution in [-0.4, -0.2) is 29.5 Å². The van der Waals surface area contributed by atoms with Gasteiger partial charge in [-0.15, -0.1) is 11.3 Å². The standard InChI is InChI=1S/C22H26N4S/c1-3-11-26(12-4-2)13-5-6-17-14-25-22(24)20-19(15-27-21(17)20)16-7-9-18(23)10-8-16/h7-10,14-15H,3-4,11-13,23H2,1-2H3,(H2,24,25). The molecule has 2 heterocycles. The molecule has 0 aliphatic carbocycles. The van der Waals surface area contributed by atoms with Gasteiger partial charge in [0.25, 0.3) is 0 Å². The van der Waals surface area contributed by atoms with Crippen molar-refractivity contribution in [2.75, 3.05) is 31.1 Å². The lowest BCUT2D eigenvalue weighted by Crippen LogP contribution is -2.25. The molecule has 0 unspecified atom stereocenters. The van der Waals surface area contributed by atoms with Crippen LogP contribution in [0, 0.1) is 11.8 Å². The number of pyridine rings is 1. The van der Waals surface area contributed by atoms with Gasteiger partial charge >= 0.3 is 0 Å². The van der Waals surface area contributed by atoms with Crippen molar-refractivity contribution in [2.45, 2.75) is 26.7 Å². The monoisotopic (exact) mass is 378 g/mol. The summed E-state index contributed by atoms with van der Waals surface area (Å²) in [6.45, 7) is 7.35. The number of thiophene rings is 1. The molecule has 0 amide bonds. The molecular formula is C22H26N4S. The second-order valence-corrected chi connectivity index (χ2v) is 7.49. The predicted molar refractivity (Wildman–Crippen MR) is 118 cm³/mol. The molecule has 2 aromatic heterocycles. The molecule has 3 rings (SSSR count). The first-order valence-electron chi connectivity index (χ1n) is 9.36. The third-order valence-corrected chi connectivity index (χ3v) is 5.46. The number of aromatic nitrogens is 1. The summed E-state index contributed by atoms with van der Waals surface area (Å²) in [7, 11) is 0. The van der Waals surface area contributed by atoms with Gasteiger partial charge in [-0.05, 0) is 49.0 Å². The Hall–Kier alpha value is -2.55. The van der Waals surface area contributed by atoms with Gasteiger partial charge in [0.15, 0.2) is 0 Å². The third kappa shape index (κ3) is 4.41. The fourth-order valence-electron chi connectivity index (χ4n) is 3.18. The van der Waals surface area contributed by atoms with Crippen molar-refractivity contribution in [3.05, 3.63) is 41.4 Å². The number of nitrogens with zero attached hydrogens (tertiary/aromatic N) is 2. The summed E-state index contributed by atoms with van der Waals surface area (Å²) < 4.78 is 1.10. The van der Waals surface area contributed by atoms with Crippen molar-refractivity contribution >= 4 is 32.9 Å². The van der Waals surface area contributed by atoms with E-state index in [1.54, 1.807) is 17.5 Å². The number of hydrogen-bond acceptors (Lipinski definition) is 5. The zero-order chi connectivity index (χ0) is 19.2. The van der Waals surface area contributed by atoms with Crippen LogP contribution in [0.2, 0.25) is 0 Å². The highest BCUT2D eigenvalue weighted by Crippen LogP contribution is 2.38. The molecule has 3 aromatic rings. The fourth-order valence-corrected chi connectivity index (χ4v) is 4.23. The Morgan fingerprint density at radius 3 is 2.44 bits per heavy atom. The van der Waals surface area contributed by atoms with Crippen LogP contribution in [0.25, 0.3) is 21.2 Å². The average Bonchev–Trinajstić information content (AvgIpc) is 3.11. The van der Waals surface area contributed by atoms with E-state index in [9.17, 15) is 0 Å². The molecular weight excluding hydrogens is 352 g/mol. The Kier molecular flexibility index (Phi) is 6.33. The maximum atomic E-state index is 6.21. The van der Waals surface area contributed by atoms with Gasteiger partial charge in [-0.2, -0.15) is 0 Å². The Labute approximate surface area is 165 Å². The summed E-state index contributed by atoms with van der Waals surface area (Å²) in [5.41, 5.74) is 15.9. The summed E-state index contributed by atoms with van der Waals surface area (Å²) >= 11 is 1.67. The summed E-state index contributed by atoms with van der Waals surface area (Å²) in [5.74, 6) is 7.19. The van der Waals surface area contributed by atoms with Crippen molar-refractivity contribution in [2.24, 2.45) is 0 Å². The minimum absolute atomic E-state index is 0.544. The highest BCUT2D eigenvalue weighted by Gasteiger charge is 2.13. The molecule has 27 heavy (non-hydrogen) atoms. The topological polar surface area (TPSA) is 68.2 Å². The van der Waals surface area contributed by atoms with E-state index in [4.69, 9.17) is 11.5 Å². The lowest BCUT2D eigenvalue weighted by molar-refractivity contribution is 0.308. The van der Waals surface area contributed by atoms with Gasteiger partial charge in [0.05, 0.1) is 16.8 Å². The van der Waals surface area contributed by atoms with E-state index < -0.39 is 0 Å². The van der Waals surface area contributed by atoms with Crippen LogP contribution in [0.1, 0.15) is 32.3 Å². The average molecular weight is 379 g/mol. The molecule has 0 aliphatic heterocycles. The van der Waals surface area contributed by atoms with Crippen molar-refractivity contribution in [3.8, 4) is 23.0 Å². The first-order chi connectivity index (χ1) is 13.1. The number of nitrogen functional groups attached to an aromatic ring is 2. The van der Waals surface area contributed by atoms with Crippen molar-refractivity contribution in [3.63, 3.8) is 0 Å². The van der Waals surface area contributed by atoms with Crippen molar-refractivity contribution in [1.82, 2.24) is 9.88 Å². The zero-order valence-electron chi connectivity index (χ0n) is 16.0. The smallest absolute Gasteiger partial charge is 0.132 e. The van der Waals surface area contributed by atoms with E-state index in [1.807, 2.05) is 24.3 Å². The molecule has 4 nitrogen and oxygen atoms in total. The van der Waals surface area contributed by atoms with Gasteiger partial charge in [0, 0.05) is 22.8 Å². The molecule has 0 atom stereocenters. The molecule has 0 bridgehead atoms. The Morgan fingerprint density at radius 2 is 1.78 bits per heavy atom. The van der Waals surface area contributed by atoms with Crippen LogP contribution in [0.3, 0.4) is 0 Å². The van der Waals surface area contributed by atoms with Crippen LogP contribution >= 0.6 is 11.3 Å². The summed E-state index contributed by atoms with van der Waals surface area (Å²) in [5, 5.41) is 3.11. The molecule has 0 saturated heterocycles. The number of hydrogen-bond donors (Lipinski definition) is 2. The quantitative estimate of drug-likeness (QED) is 0.486. The Bertz CT molecular complexity index is 958. The predicted octanol–water partition coefficient (Wildman–Crippen LogP) is 4.60. The SMILES string of the molecule is CCCN(CC#Cc1cnc(N)c2c(-c3ccc(N)cc3)csc12)CCC. The second-order valence-electron chi connectivity index (χ2n) is 6.61. The van der Waals surface area contributed by atoms with Crippen LogP contribution < -0.4 is 11.5 Å². The van der Waals surface area contributed by atoms with Gasteiger partial charge in [-0.3, -0.25) is 4.90 Å². The maximum Gasteiger partial charge on any atom is 0.132 e. The molecule has 4 N–H and O–H groups in total. The maximum absolute atomic E-state index is 6.21. The van der Waals surface area contributed by atoms with Crippen LogP contribution in [-0.2, 0) is 0 Å². The fraction of sp³-hybridized carbons (Fsp3) is 0.318. The van der Waals surface area contributed by atoms with E-state index in [0.29, 0.717) is 5.82 Å². The minimum atomic E-state index is 0.544. The van der Waals surface area contributed by atoms with Gasteiger partial charge < -0.3 is 11.5 Å². The summed E-state index contributed by atoms with van der Waals surface area (Å²) in [4.78, 5) is 6.79. The molecule has 0 radical (unpaired) electrons. The van der Waals surface area contributed by atoms with E-state index in [0.717, 1.165) is 64.9 Å². The van der Waals surface area contributed by atoms with E-state index in [2.05, 4.69) is 41.0 Å². The van der Waals surface area contributed by atoms with Crippen molar-refractivity contribution < 1.29 is 0 Å². The first kappa shape index (κ1) is 19.2. The largest absolute Gasteiger partial charge is 0.399 e. The number of rotatable bonds is 6. The highest BCUT2D eigenvalue weighted by molar-refractivity contribution is 7.18. The van der Waals surface area contributed by atoms with Crippen LogP contribution in [0.15, 0.2) is 35.8 Å². The van der Waals surface area contributed by atoms with Gasteiger partial charge in [0.2, 0.25) is 0 Å². The summed E-state index contributed by atoms with van der Waals surface area (Å²) in [6, 6.07) is 7.84. The van der Waals surface area contributed by atoms with Crippen molar-refractivity contribution in [1.29, 1.82) is 0 Å². The number of nitrogens with two attached hydrogens (primary N) is 2. The van der Waals surface area contributed by atoms with Gasteiger partial charge in [-0.25, -0.2) is 4.98 Å². The normalized spacial score (nSPS) is 10.9. The van der Waals surface area contributed by atoms with Crippen LogP contribution in [0.4, 0.5) is 11.5 Å². The second kappa shape index (κ2) is 8.90. The molecule has 0 saturated carbocycles. The molecule has 140 valence electrons. The number of benzene rings is 1. The lowest BCUT2D eigenvalue weighted by atomic mass is 10.0. The van der Waals surface area contributed by atoms with E-state index >= 15 is 0 Å². The number of anilines is 2. The van der Waals surface area contributed by atoms with Gasteiger partial charge in [0.1, 0.15) is 5.82 Å². The first-order valence-corrected chi connectivity index (χ1v) is 10.2. The van der Waals surface area contributed by atoms with E-state index in [1.165, 1.54) is 0 Å².